The van der Waals surface area contributed by atoms with Crippen LogP contribution in [0, 0.1) is 0 Å². The van der Waals surface area contributed by atoms with E-state index in [0.29, 0.717) is 5.15 Å². The predicted molar refractivity (Wildman–Crippen MR) is 63.9 cm³/mol. The van der Waals surface area contributed by atoms with E-state index in [0.717, 1.165) is 16.7 Å². The molecule has 0 spiro atoms. The number of fused-ring (bicyclic) bond motifs is 1. The van der Waals surface area contributed by atoms with Crippen LogP contribution < -0.4 is 0 Å². The second kappa shape index (κ2) is 3.61. The standard InChI is InChI=1S/C12H8ClN3/c13-11-10(4-2-6-14-11)16-8-5-9-3-1-7-15-12(9)16/h1-8H. The third kappa shape index (κ3) is 1.37. The molecule has 0 saturated carbocycles. The molecule has 0 saturated heterocycles. The molecule has 3 heterocycles. The molecule has 0 atom stereocenters. The summed E-state index contributed by atoms with van der Waals surface area (Å²) < 4.78 is 1.94. The lowest BCUT2D eigenvalue weighted by molar-refractivity contribution is 1.07. The molecule has 3 rings (SSSR count). The van der Waals surface area contributed by atoms with Crippen LogP contribution in [0.3, 0.4) is 0 Å². The Balaban J connectivity index is 2.31. The van der Waals surface area contributed by atoms with Gasteiger partial charge in [-0.05, 0) is 30.3 Å². The Hall–Kier alpha value is -1.87. The minimum Gasteiger partial charge on any atom is -0.298 e. The maximum absolute atomic E-state index is 6.06. The number of hydrogen-bond donors (Lipinski definition) is 0. The average Bonchev–Trinajstić information content (AvgIpc) is 2.74. The monoisotopic (exact) mass is 229 g/mol. The smallest absolute Gasteiger partial charge is 0.153 e. The highest BCUT2D eigenvalue weighted by Gasteiger charge is 2.06. The fourth-order valence-corrected chi connectivity index (χ4v) is 1.93. The lowest BCUT2D eigenvalue weighted by atomic mass is 10.3. The number of hydrogen-bond acceptors (Lipinski definition) is 2. The van der Waals surface area contributed by atoms with Gasteiger partial charge in [0.25, 0.3) is 0 Å². The zero-order chi connectivity index (χ0) is 11.0. The summed E-state index contributed by atoms with van der Waals surface area (Å²) in [4.78, 5) is 8.39. The Bertz CT molecular complexity index is 645. The summed E-state index contributed by atoms with van der Waals surface area (Å²) in [5, 5.41) is 1.56. The van der Waals surface area contributed by atoms with Crippen molar-refractivity contribution >= 4 is 22.6 Å². The summed E-state index contributed by atoms with van der Waals surface area (Å²) in [6.45, 7) is 0. The molecular weight excluding hydrogens is 222 g/mol. The zero-order valence-corrected chi connectivity index (χ0v) is 9.09. The van der Waals surface area contributed by atoms with E-state index in [2.05, 4.69) is 9.97 Å². The van der Waals surface area contributed by atoms with Gasteiger partial charge >= 0.3 is 0 Å². The Kier molecular flexibility index (Phi) is 2.11. The molecule has 0 aromatic carbocycles. The van der Waals surface area contributed by atoms with Gasteiger partial charge in [0.15, 0.2) is 5.15 Å². The minimum absolute atomic E-state index is 0.477. The molecule has 0 aliphatic heterocycles. The summed E-state index contributed by atoms with van der Waals surface area (Å²) in [5.41, 5.74) is 1.73. The molecule has 0 aliphatic carbocycles. The number of halogens is 1. The molecule has 3 nitrogen and oxygen atoms in total. The largest absolute Gasteiger partial charge is 0.298 e. The summed E-state index contributed by atoms with van der Waals surface area (Å²) in [7, 11) is 0. The molecule has 0 N–H and O–H groups in total. The number of pyridine rings is 2. The van der Waals surface area contributed by atoms with Gasteiger partial charge in [-0.2, -0.15) is 0 Å². The van der Waals surface area contributed by atoms with E-state index in [1.54, 1.807) is 12.4 Å². The van der Waals surface area contributed by atoms with Crippen LogP contribution in [0.15, 0.2) is 48.9 Å². The van der Waals surface area contributed by atoms with Crippen molar-refractivity contribution in [3.8, 4) is 5.69 Å². The van der Waals surface area contributed by atoms with Crippen molar-refractivity contribution in [2.24, 2.45) is 0 Å². The predicted octanol–water partition coefficient (Wildman–Crippen LogP) is 3.07. The van der Waals surface area contributed by atoms with Crippen LogP contribution in [0.25, 0.3) is 16.7 Å². The maximum atomic E-state index is 6.06. The van der Waals surface area contributed by atoms with Gasteiger partial charge in [-0.25, -0.2) is 9.97 Å². The van der Waals surface area contributed by atoms with Crippen molar-refractivity contribution in [1.29, 1.82) is 0 Å². The fraction of sp³-hybridized carbons (Fsp3) is 0. The second-order valence-corrected chi connectivity index (χ2v) is 3.77. The van der Waals surface area contributed by atoms with Gasteiger partial charge < -0.3 is 0 Å². The van der Waals surface area contributed by atoms with Crippen LogP contribution >= 0.6 is 11.6 Å². The van der Waals surface area contributed by atoms with Gasteiger partial charge in [-0.3, -0.25) is 4.57 Å². The van der Waals surface area contributed by atoms with E-state index in [4.69, 9.17) is 11.6 Å². The normalized spacial score (nSPS) is 10.8. The lowest BCUT2D eigenvalue weighted by Gasteiger charge is -2.05. The summed E-state index contributed by atoms with van der Waals surface area (Å²) in [5.74, 6) is 0. The van der Waals surface area contributed by atoms with Gasteiger partial charge in [0.1, 0.15) is 5.65 Å². The quantitative estimate of drug-likeness (QED) is 0.601. The van der Waals surface area contributed by atoms with E-state index in [1.807, 2.05) is 41.1 Å². The van der Waals surface area contributed by atoms with E-state index in [-0.39, 0.29) is 0 Å². The Morgan fingerprint density at radius 1 is 1.00 bits per heavy atom. The van der Waals surface area contributed by atoms with Gasteiger partial charge in [-0.15, -0.1) is 0 Å². The van der Waals surface area contributed by atoms with Crippen molar-refractivity contribution in [2.75, 3.05) is 0 Å². The van der Waals surface area contributed by atoms with Gasteiger partial charge in [0.05, 0.1) is 5.69 Å². The van der Waals surface area contributed by atoms with E-state index in [9.17, 15) is 0 Å². The second-order valence-electron chi connectivity index (χ2n) is 3.42. The Morgan fingerprint density at radius 2 is 1.81 bits per heavy atom. The minimum atomic E-state index is 0.477. The SMILES string of the molecule is Clc1ncccc1-n1ccc2cccnc21. The molecule has 0 radical (unpaired) electrons. The first-order valence-corrected chi connectivity index (χ1v) is 5.27. The summed E-state index contributed by atoms with van der Waals surface area (Å²) >= 11 is 6.06. The molecular formula is C12H8ClN3. The first-order chi connectivity index (χ1) is 7.86. The number of rotatable bonds is 1. The zero-order valence-electron chi connectivity index (χ0n) is 8.34. The van der Waals surface area contributed by atoms with Crippen LogP contribution in [0.5, 0.6) is 0 Å². The highest BCUT2D eigenvalue weighted by atomic mass is 35.5. The van der Waals surface area contributed by atoms with Crippen LogP contribution in [-0.4, -0.2) is 14.5 Å². The first kappa shape index (κ1) is 9.36. The molecule has 0 amide bonds. The van der Waals surface area contributed by atoms with Crippen molar-refractivity contribution in [2.45, 2.75) is 0 Å². The van der Waals surface area contributed by atoms with Crippen LogP contribution in [0.2, 0.25) is 5.15 Å². The van der Waals surface area contributed by atoms with Gasteiger partial charge in [-0.1, -0.05) is 11.6 Å². The van der Waals surface area contributed by atoms with Crippen molar-refractivity contribution in [3.05, 3.63) is 54.1 Å². The van der Waals surface area contributed by atoms with Crippen LogP contribution in [0.1, 0.15) is 0 Å². The van der Waals surface area contributed by atoms with Crippen LogP contribution in [0.4, 0.5) is 0 Å². The van der Waals surface area contributed by atoms with Crippen molar-refractivity contribution in [1.82, 2.24) is 14.5 Å². The number of nitrogens with zero attached hydrogens (tertiary/aromatic N) is 3. The highest BCUT2D eigenvalue weighted by Crippen LogP contribution is 2.22. The average molecular weight is 230 g/mol. The lowest BCUT2D eigenvalue weighted by Crippen LogP contribution is -1.95. The fourth-order valence-electron chi connectivity index (χ4n) is 1.72. The molecule has 16 heavy (non-hydrogen) atoms. The third-order valence-corrected chi connectivity index (χ3v) is 2.74. The van der Waals surface area contributed by atoms with Gasteiger partial charge in [0, 0.05) is 24.0 Å². The first-order valence-electron chi connectivity index (χ1n) is 4.89. The highest BCUT2D eigenvalue weighted by molar-refractivity contribution is 6.31. The molecule has 4 heteroatoms. The molecule has 0 fully saturated rings. The third-order valence-electron chi connectivity index (χ3n) is 2.45. The van der Waals surface area contributed by atoms with Crippen LogP contribution in [-0.2, 0) is 0 Å². The van der Waals surface area contributed by atoms with Crippen molar-refractivity contribution in [3.63, 3.8) is 0 Å². The Morgan fingerprint density at radius 3 is 2.69 bits per heavy atom. The van der Waals surface area contributed by atoms with E-state index >= 15 is 0 Å². The molecule has 3 aromatic rings. The van der Waals surface area contributed by atoms with Gasteiger partial charge in [0.2, 0.25) is 0 Å². The number of aromatic nitrogens is 3. The summed E-state index contributed by atoms with van der Waals surface area (Å²) in [6.07, 6.45) is 5.38. The molecule has 78 valence electrons. The van der Waals surface area contributed by atoms with E-state index < -0.39 is 0 Å². The molecule has 3 aromatic heterocycles. The Labute approximate surface area is 97.3 Å². The topological polar surface area (TPSA) is 30.7 Å². The summed E-state index contributed by atoms with van der Waals surface area (Å²) in [6, 6.07) is 9.71. The molecule has 0 bridgehead atoms. The maximum Gasteiger partial charge on any atom is 0.153 e. The molecule has 0 aliphatic rings. The van der Waals surface area contributed by atoms with E-state index in [1.165, 1.54) is 0 Å². The van der Waals surface area contributed by atoms with Crippen molar-refractivity contribution < 1.29 is 0 Å². The molecule has 0 unspecified atom stereocenters.